The first kappa shape index (κ1) is 111. The number of non-ortho nitro benzene ring substituents is 1. The number of esters is 3. The number of anilines is 2. The number of benzene rings is 3. The van der Waals surface area contributed by atoms with Gasteiger partial charge in [-0.15, -0.1) is 38.5 Å². The molecule has 3 aromatic carbocycles. The van der Waals surface area contributed by atoms with E-state index in [9.17, 15) is 24.5 Å². The van der Waals surface area contributed by atoms with Crippen molar-refractivity contribution in [1.82, 2.24) is 0 Å². The van der Waals surface area contributed by atoms with Gasteiger partial charge in [-0.05, 0) is 187 Å². The molecule has 4 atom stereocenters. The van der Waals surface area contributed by atoms with Crippen LogP contribution < -0.4 is 14.5 Å². The third-order valence-corrected chi connectivity index (χ3v) is 33.9. The topological polar surface area (TPSA) is 146 Å². The van der Waals surface area contributed by atoms with Crippen LogP contribution in [-0.2, 0) is 209 Å². The first-order valence-corrected chi connectivity index (χ1v) is 52.0. The summed E-state index contributed by atoms with van der Waals surface area (Å²) < 4.78 is 112. The Bertz CT molecular complexity index is 4150. The van der Waals surface area contributed by atoms with Crippen LogP contribution in [-0.4, -0.2) is 76.9 Å². The second-order valence-corrected chi connectivity index (χ2v) is 42.7. The van der Waals surface area contributed by atoms with Crippen LogP contribution in [0.2, 0.25) is 0 Å². The van der Waals surface area contributed by atoms with E-state index in [1.807, 2.05) is 108 Å². The summed E-state index contributed by atoms with van der Waals surface area (Å²) in [5.41, 5.74) is 6.90. The number of aryl methyl sites for hydroxylation is 1. The van der Waals surface area contributed by atoms with E-state index in [2.05, 4.69) is 184 Å². The van der Waals surface area contributed by atoms with Gasteiger partial charge in [0.05, 0.1) is 35.3 Å². The maximum absolute atomic E-state index is 11.9. The molecule has 0 fully saturated rings. The highest BCUT2D eigenvalue weighted by atomic mass is 33.4. The van der Waals surface area contributed by atoms with Gasteiger partial charge in [0.15, 0.2) is 0 Å². The summed E-state index contributed by atoms with van der Waals surface area (Å²) in [5, 5.41) is 10.9. The molecule has 32 heteroatoms. The van der Waals surface area contributed by atoms with Gasteiger partial charge in [0, 0.05) is 275 Å². The number of carbonyl (C=O) groups excluding carboxylic acids is 3. The number of terminal acetylenes is 6. The zero-order valence-corrected chi connectivity index (χ0v) is 77.2. The average molecular weight is 1920 g/mol. The number of unbranched alkanes of at least 4 members (excludes halogenated alkanes) is 3. The van der Waals surface area contributed by atoms with Gasteiger partial charge >= 0.3 is 29.3 Å². The molecule has 4 unspecified atom stereocenters. The van der Waals surface area contributed by atoms with Crippen LogP contribution in [0.25, 0.3) is 9.69 Å². The maximum atomic E-state index is 11.9. The van der Waals surface area contributed by atoms with E-state index in [0.717, 1.165) is 86.8 Å². The smallest absolute Gasteiger partial charge is 0.340 e. The summed E-state index contributed by atoms with van der Waals surface area (Å²) >= 11 is 27.1. The Morgan fingerprint density at radius 2 is 0.903 bits per heavy atom. The molecule has 0 spiro atoms. The molecule has 0 bridgehead atoms. The van der Waals surface area contributed by atoms with Crippen molar-refractivity contribution in [3.63, 3.8) is 0 Å². The summed E-state index contributed by atoms with van der Waals surface area (Å²) in [4.78, 5) is 57.5. The van der Waals surface area contributed by atoms with Crippen molar-refractivity contribution in [2.75, 3.05) is 63.9 Å². The predicted octanol–water partition coefficient (Wildman–Crippen LogP) is 21.1. The number of nitro groups is 1. The highest BCUT2D eigenvalue weighted by Crippen LogP contribution is 2.34. The number of carbonyl (C=O) groups is 3. The molecule has 0 heterocycles. The number of hydrogen-bond donors (Lipinski definition) is 0. The standard InChI is InChI=1S/C21H33N2O2.C19H29N2O2.C17H25NO5.3C6H2.6CH4.3S6.9H2/c1-7-21(2,3)20(24)25-15-11-9-8-10-12-17-16-18(22-4)13-14-19(17)23(5)6;1-7-14(3)17-13-16(20-5)9-10-18(17)21(6)11-12-23-19(22)15(4)8-2;1-5-12(3)15-11-14(18(20)21)7-8-16(15)22-9-10-23-17(19)13(4)6-2;3*1-3-5-6-4-2;;;;;;;3*1-3-5-6-4-2;;;;;;;;;/h4,13-14,16H,7-12,15H2,1-3,5-6H3;5,9-10,13-15H,7-8,11-12H2,1-4,6H3;7-8,11-13H,5-6,9-10H2,1-4H3;3*1-2H;6*1H4;;;;9*1H/q2*+1;;;;;;;;;;;;;;;;;;;;;;/i;;;;;;;;;;;;;;;9*1+1D. The molecule has 113 heavy (non-hydrogen) atoms. The van der Waals surface area contributed by atoms with Crippen molar-refractivity contribution < 1.29 is 65.0 Å². The van der Waals surface area contributed by atoms with Gasteiger partial charge in [-0.2, -0.15) is 0 Å². The van der Waals surface area contributed by atoms with E-state index < -0.39 is 4.92 Å². The highest BCUT2D eigenvalue weighted by Gasteiger charge is 2.27. The first-order chi connectivity index (χ1) is 60.1. The number of likely N-dealkylation sites (N-methyl/N-ethyl adjacent to an activating group) is 1. The fourth-order valence-electron chi connectivity index (χ4n) is 7.13. The van der Waals surface area contributed by atoms with Crippen molar-refractivity contribution in [1.29, 1.82) is 0 Å². The third kappa shape index (κ3) is 75.6. The molecule has 0 amide bonds. The highest BCUT2D eigenvalue weighted by molar-refractivity contribution is 8.65. The average Bonchev–Trinajstić information content (AvgIpc) is 0.831. The number of nitrogens with zero attached hydrogens (tertiary/aromatic N) is 5. The lowest BCUT2D eigenvalue weighted by Gasteiger charge is -2.24. The normalized spacial score (nSPS) is 9.86. The van der Waals surface area contributed by atoms with E-state index in [4.69, 9.17) is 97.4 Å². The van der Waals surface area contributed by atoms with Crippen LogP contribution in [0, 0.1) is 150 Å². The minimum Gasteiger partial charge on any atom is -0.490 e. The Hall–Kier alpha value is -6.15. The first-order valence-electron chi connectivity index (χ1n) is 41.0. The Kier molecular flexibility index (Phi) is 93.0. The zero-order chi connectivity index (χ0) is 101. The number of nitro benzene ring substituents is 1. The van der Waals surface area contributed by atoms with Crippen molar-refractivity contribution in [2.45, 2.75) is 197 Å². The van der Waals surface area contributed by atoms with Crippen LogP contribution in [0.3, 0.4) is 0 Å². The third-order valence-electron chi connectivity index (χ3n) is 13.9. The maximum Gasteiger partial charge on any atom is 0.340 e. The molecule has 0 saturated heterocycles. The molecular weight excluding hydrogens is 1760 g/mol. The predicted molar refractivity (Wildman–Crippen MR) is 559 cm³/mol. The second kappa shape index (κ2) is 94.7. The van der Waals surface area contributed by atoms with Gasteiger partial charge in [-0.3, -0.25) is 24.5 Å². The minimum absolute atomic E-state index is 0. The molecule has 3 aromatic rings. The van der Waals surface area contributed by atoms with Crippen LogP contribution in [0.4, 0.5) is 28.4 Å². The zero-order valence-electron chi connectivity index (χ0n) is 80.5. The van der Waals surface area contributed by atoms with Crippen molar-refractivity contribution >= 4 is 220 Å². The molecule has 0 aromatic heterocycles. The van der Waals surface area contributed by atoms with Crippen LogP contribution in [0.5, 0.6) is 5.75 Å². The molecule has 0 aliphatic heterocycles. The van der Waals surface area contributed by atoms with Gasteiger partial charge in [0.2, 0.25) is 0 Å². The van der Waals surface area contributed by atoms with Crippen molar-refractivity contribution in [3.8, 4) is 128 Å². The van der Waals surface area contributed by atoms with Crippen LogP contribution >= 0.6 is 0 Å². The largest absolute Gasteiger partial charge is 0.490 e. The van der Waals surface area contributed by atoms with Crippen LogP contribution in [0.1, 0.15) is 234 Å². The van der Waals surface area contributed by atoms with Crippen LogP contribution in [0.15, 0.2) is 54.6 Å². The van der Waals surface area contributed by atoms with Gasteiger partial charge < -0.3 is 28.7 Å². The van der Waals surface area contributed by atoms with E-state index in [0.29, 0.717) is 31.4 Å². The molecule has 0 aliphatic carbocycles. The SMILES string of the molecule is C.C.C.C.C.C.C#CC#CC#C.C#CC#CC#C.C#CC#CC#C.C#[N+]c1ccc(N(C)C)c(CCCCCCOC(=O)C(C)(C)CC)c1.C#[N+]c1ccc(N(C)CCOC(=O)C(C)CC)c(C(C)CC)c1.CCC(C)C(=O)OCCOc1ccc([N+](=O)[O-])cc1C(C)CC.S=S=S=S=S=S.S=S=S=S=S=S.S=S=S=S=S=S.[2H][2H].[2H][2H].[2H][2H].[2H][2H].[2H][2H].[2H][2H].[2H][2H].[2H][2H].[2H][2H]. The van der Waals surface area contributed by atoms with E-state index >= 15 is 0 Å². The second-order valence-electron chi connectivity index (χ2n) is 21.5. The quantitative estimate of drug-likeness (QED) is 0.0178. The summed E-state index contributed by atoms with van der Waals surface area (Å²) in [6.45, 7) is 34.6. The Labute approximate surface area is 775 Å². The molecule has 0 radical (unpaired) electrons. The Balaban J connectivity index is -0.0000000562. The monoisotopic (exact) mass is 1920 g/mol. The number of hydrogen-bond acceptors (Lipinski definition) is 17. The molecule has 0 saturated carbocycles. The van der Waals surface area contributed by atoms with Gasteiger partial charge in [-0.1, -0.05) is 120 Å². The van der Waals surface area contributed by atoms with E-state index in [1.165, 1.54) is 129 Å². The lowest BCUT2D eigenvalue weighted by atomic mass is 9.91. The van der Waals surface area contributed by atoms with Gasteiger partial charge in [0.25, 0.3) is 18.8 Å². The van der Waals surface area contributed by atoms with E-state index in [-0.39, 0.29) is 105 Å². The minimum atomic E-state index is -0.413. The summed E-state index contributed by atoms with van der Waals surface area (Å²) in [7, 11) is 23.0. The molecule has 3 rings (SSSR count). The van der Waals surface area contributed by atoms with Crippen molar-refractivity contribution in [3.05, 3.63) is 91.1 Å². The molecular formula is C81H135N5O9S18+2. The lowest BCUT2D eigenvalue weighted by molar-refractivity contribution is -0.385. The summed E-state index contributed by atoms with van der Waals surface area (Å²) in [6.07, 6.45) is 37.6. The molecule has 14 nitrogen and oxygen atoms in total. The summed E-state index contributed by atoms with van der Waals surface area (Å²) in [5.74, 6) is 26.4. The summed E-state index contributed by atoms with van der Waals surface area (Å²) in [6, 6.07) is 16.6. The van der Waals surface area contributed by atoms with Gasteiger partial charge in [-0.25, -0.2) is 0 Å². The molecule has 0 aliphatic rings. The molecule has 644 valence electrons. The number of ether oxygens (including phenoxy) is 4. The Morgan fingerprint density at radius 3 is 1.26 bits per heavy atom. The fourth-order valence-corrected chi connectivity index (χ4v) is 23.6. The fraction of sp³-hybridized carbons (Fsp3) is 0.494. The van der Waals surface area contributed by atoms with Gasteiger partial charge in [0.1, 0.15) is 25.6 Å². The number of rotatable bonds is 27. The molecule has 0 N–H and O–H groups in total. The lowest BCUT2D eigenvalue weighted by Crippen LogP contribution is -2.26. The Morgan fingerprint density at radius 1 is 0.522 bits per heavy atom. The van der Waals surface area contributed by atoms with E-state index in [1.54, 1.807) is 12.1 Å². The van der Waals surface area contributed by atoms with Crippen molar-refractivity contribution in [2.24, 2.45) is 17.3 Å².